The predicted octanol–water partition coefficient (Wildman–Crippen LogP) is 2.75. The normalized spacial score (nSPS) is 9.86. The number of aryl methyl sites for hydroxylation is 2. The van der Waals surface area contributed by atoms with Crippen molar-refractivity contribution in [2.75, 3.05) is 11.9 Å². The van der Waals surface area contributed by atoms with Crippen molar-refractivity contribution in [3.05, 3.63) is 45.4 Å². The molecule has 0 saturated heterocycles. The van der Waals surface area contributed by atoms with Crippen molar-refractivity contribution in [2.24, 2.45) is 0 Å². The van der Waals surface area contributed by atoms with Crippen molar-refractivity contribution in [1.29, 1.82) is 0 Å². The first-order valence-electron chi connectivity index (χ1n) is 6.54. The molecule has 0 aliphatic heterocycles. The topological polar surface area (TPSA) is 62.2 Å². The van der Waals surface area contributed by atoms with Crippen LogP contribution in [0.15, 0.2) is 23.6 Å². The van der Waals surface area contributed by atoms with E-state index in [1.54, 1.807) is 5.38 Å². The molecule has 0 aliphatic carbocycles. The summed E-state index contributed by atoms with van der Waals surface area (Å²) in [5.74, 6) is 5.67. The second kappa shape index (κ2) is 7.02. The first-order chi connectivity index (χ1) is 10.1. The van der Waals surface area contributed by atoms with Crippen LogP contribution in [0.25, 0.3) is 0 Å². The Bertz CT molecular complexity index is 711. The summed E-state index contributed by atoms with van der Waals surface area (Å²) in [5, 5.41) is 14.1. The van der Waals surface area contributed by atoms with Crippen LogP contribution in [0.3, 0.4) is 0 Å². The minimum Gasteiger partial charge on any atom is -0.395 e. The molecule has 2 aromatic rings. The summed E-state index contributed by atoms with van der Waals surface area (Å²) in [7, 11) is 0. The number of carbonyl (C=O) groups excluding carboxylic acids is 1. The molecule has 0 atom stereocenters. The van der Waals surface area contributed by atoms with Gasteiger partial charge in [-0.3, -0.25) is 4.79 Å². The van der Waals surface area contributed by atoms with E-state index in [0.717, 1.165) is 21.8 Å². The van der Waals surface area contributed by atoms with Gasteiger partial charge in [0.2, 0.25) is 0 Å². The zero-order chi connectivity index (χ0) is 15.2. The molecular weight excluding hydrogens is 284 g/mol. The number of nitrogens with zero attached hydrogens (tertiary/aromatic N) is 1. The smallest absolute Gasteiger partial charge is 0.275 e. The van der Waals surface area contributed by atoms with Crippen LogP contribution in [0.1, 0.15) is 33.0 Å². The maximum atomic E-state index is 12.0. The third-order valence-corrected chi connectivity index (χ3v) is 3.57. The van der Waals surface area contributed by atoms with Crippen LogP contribution in [0.5, 0.6) is 0 Å². The van der Waals surface area contributed by atoms with Crippen molar-refractivity contribution in [2.45, 2.75) is 20.3 Å². The highest BCUT2D eigenvalue weighted by molar-refractivity contribution is 7.09. The van der Waals surface area contributed by atoms with E-state index in [-0.39, 0.29) is 12.5 Å². The number of amides is 1. The van der Waals surface area contributed by atoms with E-state index in [4.69, 9.17) is 5.11 Å². The summed E-state index contributed by atoms with van der Waals surface area (Å²) in [5.41, 5.74) is 3.02. The Labute approximate surface area is 127 Å². The van der Waals surface area contributed by atoms with Crippen LogP contribution in [0, 0.1) is 25.7 Å². The van der Waals surface area contributed by atoms with Gasteiger partial charge >= 0.3 is 0 Å². The number of rotatable bonds is 3. The fourth-order valence-corrected chi connectivity index (χ4v) is 2.35. The molecule has 2 rings (SSSR count). The Morgan fingerprint density at radius 1 is 1.43 bits per heavy atom. The zero-order valence-electron chi connectivity index (χ0n) is 11.9. The molecule has 5 heteroatoms. The molecule has 0 aliphatic rings. The second-order valence-corrected chi connectivity index (χ2v) is 5.57. The molecule has 1 aromatic carbocycles. The third kappa shape index (κ3) is 4.15. The molecule has 4 nitrogen and oxygen atoms in total. The van der Waals surface area contributed by atoms with Crippen LogP contribution in [0.4, 0.5) is 5.69 Å². The van der Waals surface area contributed by atoms with E-state index in [1.165, 1.54) is 11.3 Å². The summed E-state index contributed by atoms with van der Waals surface area (Å²) >= 11 is 1.45. The van der Waals surface area contributed by atoms with Gasteiger partial charge in [0.25, 0.3) is 5.91 Å². The fourth-order valence-electron chi connectivity index (χ4n) is 1.76. The molecule has 0 bridgehead atoms. The van der Waals surface area contributed by atoms with Crippen LogP contribution >= 0.6 is 11.3 Å². The highest BCUT2D eigenvalue weighted by atomic mass is 32.1. The Morgan fingerprint density at radius 3 is 2.86 bits per heavy atom. The van der Waals surface area contributed by atoms with Gasteiger partial charge in [0, 0.05) is 23.1 Å². The fraction of sp³-hybridized carbons (Fsp3) is 0.250. The molecular formula is C16H16N2O2S. The van der Waals surface area contributed by atoms with Crippen LogP contribution in [0.2, 0.25) is 0 Å². The number of hydrogen-bond donors (Lipinski definition) is 2. The van der Waals surface area contributed by atoms with Crippen molar-refractivity contribution in [3.8, 4) is 11.8 Å². The number of nitrogens with one attached hydrogen (secondary N) is 1. The van der Waals surface area contributed by atoms with Crippen molar-refractivity contribution in [3.63, 3.8) is 0 Å². The first-order valence-corrected chi connectivity index (χ1v) is 7.42. The molecule has 0 unspecified atom stereocenters. The SMILES string of the molecule is Cc1nc(C(=O)Nc2ccc(C#CCCO)c(C)c2)cs1. The van der Waals surface area contributed by atoms with E-state index in [1.807, 2.05) is 32.0 Å². The number of aliphatic hydroxyl groups is 1. The number of aliphatic hydroxyl groups excluding tert-OH is 1. The quantitative estimate of drug-likeness (QED) is 0.857. The predicted molar refractivity (Wildman–Crippen MR) is 84.6 cm³/mol. The number of hydrogen-bond acceptors (Lipinski definition) is 4. The van der Waals surface area contributed by atoms with Gasteiger partial charge in [0.15, 0.2) is 0 Å². The van der Waals surface area contributed by atoms with E-state index in [2.05, 4.69) is 22.1 Å². The van der Waals surface area contributed by atoms with Crippen molar-refractivity contribution in [1.82, 2.24) is 4.98 Å². The highest BCUT2D eigenvalue weighted by Gasteiger charge is 2.09. The average molecular weight is 300 g/mol. The number of thiazole rings is 1. The number of benzene rings is 1. The average Bonchev–Trinajstić information content (AvgIpc) is 2.88. The van der Waals surface area contributed by atoms with Gasteiger partial charge in [0.05, 0.1) is 11.6 Å². The van der Waals surface area contributed by atoms with Crippen LogP contribution in [-0.4, -0.2) is 22.6 Å². The summed E-state index contributed by atoms with van der Waals surface area (Å²) < 4.78 is 0. The maximum absolute atomic E-state index is 12.0. The van der Waals surface area contributed by atoms with E-state index in [9.17, 15) is 4.79 Å². The summed E-state index contributed by atoms with van der Waals surface area (Å²) in [6, 6.07) is 5.55. The Morgan fingerprint density at radius 2 is 2.24 bits per heavy atom. The van der Waals surface area contributed by atoms with Gasteiger partial charge in [-0.05, 0) is 37.6 Å². The summed E-state index contributed by atoms with van der Waals surface area (Å²) in [6.07, 6.45) is 0.459. The van der Waals surface area contributed by atoms with Gasteiger partial charge in [-0.15, -0.1) is 11.3 Å². The number of aromatic nitrogens is 1. The lowest BCUT2D eigenvalue weighted by Gasteiger charge is -2.05. The number of carbonyl (C=O) groups is 1. The molecule has 108 valence electrons. The monoisotopic (exact) mass is 300 g/mol. The number of anilines is 1. The molecule has 1 aromatic heterocycles. The molecule has 1 heterocycles. The van der Waals surface area contributed by atoms with Crippen molar-refractivity contribution >= 4 is 22.9 Å². The Kier molecular flexibility index (Phi) is 5.09. The maximum Gasteiger partial charge on any atom is 0.275 e. The van der Waals surface area contributed by atoms with Crippen molar-refractivity contribution < 1.29 is 9.90 Å². The zero-order valence-corrected chi connectivity index (χ0v) is 12.8. The lowest BCUT2D eigenvalue weighted by atomic mass is 10.1. The van der Waals surface area contributed by atoms with Gasteiger partial charge in [-0.2, -0.15) is 0 Å². The molecule has 0 saturated carbocycles. The minimum absolute atomic E-state index is 0.0627. The summed E-state index contributed by atoms with van der Waals surface area (Å²) in [6.45, 7) is 3.87. The first kappa shape index (κ1) is 15.2. The molecule has 1 amide bonds. The van der Waals surface area contributed by atoms with Crippen LogP contribution in [-0.2, 0) is 0 Å². The van der Waals surface area contributed by atoms with E-state index >= 15 is 0 Å². The Balaban J connectivity index is 2.10. The largest absolute Gasteiger partial charge is 0.395 e. The molecule has 0 fully saturated rings. The third-order valence-electron chi connectivity index (χ3n) is 2.80. The van der Waals surface area contributed by atoms with Gasteiger partial charge < -0.3 is 10.4 Å². The van der Waals surface area contributed by atoms with Gasteiger partial charge in [0.1, 0.15) is 5.69 Å². The van der Waals surface area contributed by atoms with Gasteiger partial charge in [-0.25, -0.2) is 4.98 Å². The molecule has 0 radical (unpaired) electrons. The van der Waals surface area contributed by atoms with Crippen LogP contribution < -0.4 is 5.32 Å². The lowest BCUT2D eigenvalue weighted by Crippen LogP contribution is -2.12. The summed E-state index contributed by atoms with van der Waals surface area (Å²) in [4.78, 5) is 16.2. The van der Waals surface area contributed by atoms with E-state index in [0.29, 0.717) is 12.1 Å². The second-order valence-electron chi connectivity index (χ2n) is 4.51. The Hall–Kier alpha value is -2.16. The lowest BCUT2D eigenvalue weighted by molar-refractivity contribution is 0.102. The molecule has 0 spiro atoms. The van der Waals surface area contributed by atoms with E-state index < -0.39 is 0 Å². The standard InChI is InChI=1S/C16H16N2O2S/c1-11-9-14(7-6-13(11)5-3-4-8-19)18-16(20)15-10-21-12(2)17-15/h6-7,9-10,19H,4,8H2,1-2H3,(H,18,20). The minimum atomic E-state index is -0.210. The molecule has 21 heavy (non-hydrogen) atoms. The van der Waals surface area contributed by atoms with Gasteiger partial charge in [-0.1, -0.05) is 11.8 Å². The highest BCUT2D eigenvalue weighted by Crippen LogP contribution is 2.16. The molecule has 2 N–H and O–H groups in total.